The van der Waals surface area contributed by atoms with Gasteiger partial charge in [0.1, 0.15) is 0 Å². The van der Waals surface area contributed by atoms with Gasteiger partial charge in [0.25, 0.3) is 11.8 Å². The van der Waals surface area contributed by atoms with Crippen LogP contribution in [0.1, 0.15) is 21.0 Å². The maximum Gasteiger partial charge on any atom is 0.422 e. The summed E-state index contributed by atoms with van der Waals surface area (Å²) >= 11 is 0. The Balaban J connectivity index is 1.43. The lowest BCUT2D eigenvalue weighted by Crippen LogP contribution is -2.35. The predicted octanol–water partition coefficient (Wildman–Crippen LogP) is 2.06. The minimum absolute atomic E-state index is 0.136. The summed E-state index contributed by atoms with van der Waals surface area (Å²) in [4.78, 5) is 34.8. The van der Waals surface area contributed by atoms with Crippen molar-refractivity contribution in [1.82, 2.24) is 25.6 Å². The second-order valence-electron chi connectivity index (χ2n) is 5.90. The summed E-state index contributed by atoms with van der Waals surface area (Å²) in [6, 6.07) is 9.67. The largest absolute Gasteiger partial charge is 0.468 e. The van der Waals surface area contributed by atoms with Crippen LogP contribution in [0.3, 0.4) is 0 Å². The van der Waals surface area contributed by atoms with Crippen LogP contribution in [0, 0.1) is 0 Å². The first-order chi connectivity index (χ1) is 13.8. The highest BCUT2D eigenvalue weighted by molar-refractivity contribution is 5.95. The van der Waals surface area contributed by atoms with Crippen LogP contribution in [0.25, 0.3) is 11.0 Å². The number of alkyl halides is 3. The molecule has 8 nitrogen and oxygen atoms in total. The maximum absolute atomic E-state index is 12.1. The second kappa shape index (κ2) is 8.59. The standard InChI is InChI=1S/C18H16F3N5O3/c19-18(20,21)10-29-14-6-5-11(9-24-14)16(27)22-7-8-23-17(28)15-25-12-3-1-2-4-13(12)26-15/h1-6,9H,7-8,10H2,(H,22,27)(H,23,28)(H,25,26). The average molecular weight is 407 g/mol. The van der Waals surface area contributed by atoms with Gasteiger partial charge in [0.05, 0.1) is 16.6 Å². The van der Waals surface area contributed by atoms with Crippen molar-refractivity contribution in [3.8, 4) is 5.88 Å². The zero-order valence-electron chi connectivity index (χ0n) is 14.9. The molecule has 0 unspecified atom stereocenters. The van der Waals surface area contributed by atoms with E-state index in [4.69, 9.17) is 0 Å². The zero-order valence-corrected chi connectivity index (χ0v) is 14.9. The number of carbonyl (C=O) groups excluding carboxylic acids is 2. The monoisotopic (exact) mass is 407 g/mol. The first kappa shape index (κ1) is 20.1. The van der Waals surface area contributed by atoms with Crippen LogP contribution in [0.5, 0.6) is 5.88 Å². The minimum atomic E-state index is -4.47. The molecule has 3 aromatic rings. The summed E-state index contributed by atoms with van der Waals surface area (Å²) in [5.41, 5.74) is 1.55. The molecule has 0 aliphatic rings. The number of benzene rings is 1. The Kier molecular flexibility index (Phi) is 5.96. The number of H-pyrrole nitrogens is 1. The van der Waals surface area contributed by atoms with E-state index >= 15 is 0 Å². The van der Waals surface area contributed by atoms with Crippen LogP contribution in [0.4, 0.5) is 13.2 Å². The number of amides is 2. The van der Waals surface area contributed by atoms with E-state index in [0.717, 1.165) is 11.7 Å². The first-order valence-corrected chi connectivity index (χ1v) is 8.48. The summed E-state index contributed by atoms with van der Waals surface area (Å²) in [6.07, 6.45) is -3.36. The summed E-state index contributed by atoms with van der Waals surface area (Å²) in [5.74, 6) is -0.978. The molecule has 0 saturated heterocycles. The molecular formula is C18H16F3N5O3. The van der Waals surface area contributed by atoms with Crippen molar-refractivity contribution >= 4 is 22.8 Å². The van der Waals surface area contributed by atoms with Gasteiger partial charge < -0.3 is 20.4 Å². The molecule has 0 atom stereocenters. The zero-order chi connectivity index (χ0) is 20.9. The summed E-state index contributed by atoms with van der Waals surface area (Å²) in [6.45, 7) is -1.17. The van der Waals surface area contributed by atoms with E-state index in [0.29, 0.717) is 5.52 Å². The number of hydrogen-bond donors (Lipinski definition) is 3. The van der Waals surface area contributed by atoms with Gasteiger partial charge in [0.15, 0.2) is 12.4 Å². The van der Waals surface area contributed by atoms with Crippen molar-refractivity contribution in [2.45, 2.75) is 6.18 Å². The summed E-state index contributed by atoms with van der Waals surface area (Å²) in [7, 11) is 0. The normalized spacial score (nSPS) is 11.3. The Morgan fingerprint density at radius 3 is 2.41 bits per heavy atom. The van der Waals surface area contributed by atoms with Crippen molar-refractivity contribution in [3.63, 3.8) is 0 Å². The number of imidazole rings is 1. The molecule has 29 heavy (non-hydrogen) atoms. The smallest absolute Gasteiger partial charge is 0.422 e. The number of nitrogens with one attached hydrogen (secondary N) is 3. The molecule has 0 saturated carbocycles. The van der Waals surface area contributed by atoms with Crippen molar-refractivity contribution in [3.05, 3.63) is 54.0 Å². The van der Waals surface area contributed by atoms with Crippen LogP contribution in [-0.2, 0) is 0 Å². The van der Waals surface area contributed by atoms with Crippen molar-refractivity contribution < 1.29 is 27.5 Å². The van der Waals surface area contributed by atoms with Gasteiger partial charge in [-0.3, -0.25) is 9.59 Å². The number of aromatic nitrogens is 3. The van der Waals surface area contributed by atoms with Crippen LogP contribution in [-0.4, -0.2) is 52.6 Å². The van der Waals surface area contributed by atoms with Gasteiger partial charge >= 0.3 is 6.18 Å². The topological polar surface area (TPSA) is 109 Å². The number of ether oxygens (including phenoxy) is 1. The van der Waals surface area contributed by atoms with Crippen LogP contribution >= 0.6 is 0 Å². The number of rotatable bonds is 7. The number of fused-ring (bicyclic) bond motifs is 1. The van der Waals surface area contributed by atoms with Crippen LogP contribution in [0.15, 0.2) is 42.6 Å². The Bertz CT molecular complexity index is 969. The third-order valence-electron chi connectivity index (χ3n) is 3.68. The van der Waals surface area contributed by atoms with Crippen molar-refractivity contribution in [2.24, 2.45) is 0 Å². The van der Waals surface area contributed by atoms with Gasteiger partial charge in [-0.1, -0.05) is 12.1 Å². The van der Waals surface area contributed by atoms with E-state index < -0.39 is 24.6 Å². The lowest BCUT2D eigenvalue weighted by Gasteiger charge is -2.09. The number of halogens is 3. The van der Waals surface area contributed by atoms with E-state index in [-0.39, 0.29) is 30.4 Å². The van der Waals surface area contributed by atoms with Gasteiger partial charge in [-0.05, 0) is 18.2 Å². The summed E-state index contributed by atoms with van der Waals surface area (Å²) < 4.78 is 40.7. The third-order valence-corrected chi connectivity index (χ3v) is 3.68. The number of carbonyl (C=O) groups is 2. The Labute approximate surface area is 162 Å². The highest BCUT2D eigenvalue weighted by Crippen LogP contribution is 2.17. The Hall–Kier alpha value is -3.63. The fourth-order valence-electron chi connectivity index (χ4n) is 2.35. The SMILES string of the molecule is O=C(NCCNC(=O)c1nc2ccccc2[nH]1)c1ccc(OCC(F)(F)F)nc1. The lowest BCUT2D eigenvalue weighted by molar-refractivity contribution is -0.154. The van der Waals surface area contributed by atoms with E-state index in [2.05, 4.69) is 30.3 Å². The fourth-order valence-corrected chi connectivity index (χ4v) is 2.35. The van der Waals surface area contributed by atoms with E-state index in [1.807, 2.05) is 12.1 Å². The molecule has 3 rings (SSSR count). The second-order valence-corrected chi connectivity index (χ2v) is 5.90. The molecule has 152 valence electrons. The molecule has 0 spiro atoms. The maximum atomic E-state index is 12.1. The molecule has 11 heteroatoms. The highest BCUT2D eigenvalue weighted by Gasteiger charge is 2.28. The number of aromatic amines is 1. The molecule has 1 aromatic carbocycles. The van der Waals surface area contributed by atoms with Crippen molar-refractivity contribution in [1.29, 1.82) is 0 Å². The minimum Gasteiger partial charge on any atom is -0.468 e. The molecule has 2 aromatic heterocycles. The van der Waals surface area contributed by atoms with Crippen LogP contribution in [0.2, 0.25) is 0 Å². The molecule has 0 bridgehead atoms. The van der Waals surface area contributed by atoms with E-state index in [1.165, 1.54) is 12.1 Å². The average Bonchev–Trinajstić information content (AvgIpc) is 3.13. The molecule has 3 N–H and O–H groups in total. The Morgan fingerprint density at radius 2 is 1.76 bits per heavy atom. The molecule has 2 heterocycles. The molecule has 0 aliphatic heterocycles. The van der Waals surface area contributed by atoms with E-state index in [9.17, 15) is 22.8 Å². The Morgan fingerprint density at radius 1 is 1.03 bits per heavy atom. The highest BCUT2D eigenvalue weighted by atomic mass is 19.4. The fraction of sp³-hybridized carbons (Fsp3) is 0.222. The molecular weight excluding hydrogens is 391 g/mol. The molecule has 0 fully saturated rings. The quantitative estimate of drug-likeness (QED) is 0.520. The summed E-state index contributed by atoms with van der Waals surface area (Å²) in [5, 5.41) is 5.18. The molecule has 2 amide bonds. The number of para-hydroxylation sites is 2. The number of hydrogen-bond acceptors (Lipinski definition) is 5. The van der Waals surface area contributed by atoms with Gasteiger partial charge in [-0.15, -0.1) is 0 Å². The lowest BCUT2D eigenvalue weighted by atomic mass is 10.2. The van der Waals surface area contributed by atoms with E-state index in [1.54, 1.807) is 12.1 Å². The van der Waals surface area contributed by atoms with Gasteiger partial charge in [0, 0.05) is 25.4 Å². The first-order valence-electron chi connectivity index (χ1n) is 8.48. The third kappa shape index (κ3) is 5.67. The molecule has 0 radical (unpaired) electrons. The molecule has 0 aliphatic carbocycles. The van der Waals surface area contributed by atoms with Gasteiger partial charge in [-0.2, -0.15) is 13.2 Å². The van der Waals surface area contributed by atoms with Gasteiger partial charge in [-0.25, -0.2) is 9.97 Å². The van der Waals surface area contributed by atoms with Crippen molar-refractivity contribution in [2.75, 3.05) is 19.7 Å². The number of pyridine rings is 1. The van der Waals surface area contributed by atoms with Gasteiger partial charge in [0.2, 0.25) is 5.88 Å². The predicted molar refractivity (Wildman–Crippen MR) is 96.5 cm³/mol. The number of nitrogens with zero attached hydrogens (tertiary/aromatic N) is 2. The van der Waals surface area contributed by atoms with Crippen LogP contribution < -0.4 is 15.4 Å².